The number of benzene rings is 2. The third-order valence-electron chi connectivity index (χ3n) is 5.20. The molecule has 3 N–H and O–H groups in total. The van der Waals surface area contributed by atoms with Gasteiger partial charge in [0, 0.05) is 38.3 Å². The summed E-state index contributed by atoms with van der Waals surface area (Å²) >= 11 is 0. The lowest BCUT2D eigenvalue weighted by Crippen LogP contribution is -2.26. The van der Waals surface area contributed by atoms with Crippen molar-refractivity contribution >= 4 is 17.4 Å². The van der Waals surface area contributed by atoms with Crippen molar-refractivity contribution in [2.45, 2.75) is 32.9 Å². The lowest BCUT2D eigenvalue weighted by molar-refractivity contribution is 0.0749. The molecular formula is C22H24N4O3. The maximum atomic E-state index is 13.3. The quantitative estimate of drug-likeness (QED) is 0.627. The Morgan fingerprint density at radius 1 is 1.10 bits per heavy atom. The molecule has 7 heteroatoms. The molecule has 0 aliphatic carbocycles. The van der Waals surface area contributed by atoms with Crippen molar-refractivity contribution in [2.75, 3.05) is 5.32 Å². The van der Waals surface area contributed by atoms with Gasteiger partial charge in [-0.1, -0.05) is 38.1 Å². The van der Waals surface area contributed by atoms with Crippen LogP contribution in [0.4, 0.5) is 11.5 Å². The van der Waals surface area contributed by atoms with Crippen LogP contribution in [0.2, 0.25) is 0 Å². The highest BCUT2D eigenvalue weighted by atomic mass is 16.3. The van der Waals surface area contributed by atoms with Gasteiger partial charge in [0.15, 0.2) is 0 Å². The molecule has 0 spiro atoms. The van der Waals surface area contributed by atoms with Crippen molar-refractivity contribution < 1.29 is 15.0 Å². The number of phenols is 2. The summed E-state index contributed by atoms with van der Waals surface area (Å²) in [5.74, 6) is 0.223. The van der Waals surface area contributed by atoms with Crippen molar-refractivity contribution in [3.63, 3.8) is 0 Å². The van der Waals surface area contributed by atoms with E-state index in [0.29, 0.717) is 24.6 Å². The molecule has 1 aliphatic rings. The summed E-state index contributed by atoms with van der Waals surface area (Å²) in [6.45, 7) is 5.06. The lowest BCUT2D eigenvalue weighted by atomic mass is 10.1. The Kier molecular flexibility index (Phi) is 4.66. The average Bonchev–Trinajstić information content (AvgIpc) is 3.25. The zero-order valence-corrected chi connectivity index (χ0v) is 16.7. The number of fused-ring (bicyclic) bond motifs is 1. The van der Waals surface area contributed by atoms with Gasteiger partial charge in [-0.2, -0.15) is 5.10 Å². The number of anilines is 2. The molecule has 0 fully saturated rings. The highest BCUT2D eigenvalue weighted by molar-refractivity contribution is 6.03. The van der Waals surface area contributed by atoms with E-state index in [2.05, 4.69) is 10.4 Å². The number of carbonyl (C=O) groups is 1. The predicted octanol–water partition coefficient (Wildman–Crippen LogP) is 3.85. The molecule has 150 valence electrons. The van der Waals surface area contributed by atoms with Crippen LogP contribution in [0, 0.1) is 0 Å². The summed E-state index contributed by atoms with van der Waals surface area (Å²) in [5.41, 5.74) is 3.57. The van der Waals surface area contributed by atoms with Gasteiger partial charge < -0.3 is 20.4 Å². The highest BCUT2D eigenvalue weighted by Crippen LogP contribution is 2.36. The van der Waals surface area contributed by atoms with Gasteiger partial charge in [-0.3, -0.25) is 9.48 Å². The first kappa shape index (κ1) is 18.9. The smallest absolute Gasteiger partial charge is 0.260 e. The first-order chi connectivity index (χ1) is 13.8. The molecule has 1 aromatic heterocycles. The van der Waals surface area contributed by atoms with E-state index in [0.717, 1.165) is 16.8 Å². The maximum Gasteiger partial charge on any atom is 0.260 e. The first-order valence-corrected chi connectivity index (χ1v) is 9.56. The molecule has 2 heterocycles. The number of aryl methyl sites for hydroxylation is 1. The standard InChI is InChI=1S/C22H24N4O3/c1-13(2)17-10-20(25(3)24-17)23-18-8-16(27)9-19(28)21(18)22(29)26-11-14-6-4-5-7-15(14)12-26/h4-10,13,23,27-28H,11-12H2,1-3H3. The van der Waals surface area contributed by atoms with Gasteiger partial charge in [0.25, 0.3) is 5.91 Å². The highest BCUT2D eigenvalue weighted by Gasteiger charge is 2.28. The fourth-order valence-corrected chi connectivity index (χ4v) is 3.60. The van der Waals surface area contributed by atoms with Crippen LogP contribution in [-0.2, 0) is 20.1 Å². The van der Waals surface area contributed by atoms with Gasteiger partial charge in [-0.05, 0) is 17.0 Å². The van der Waals surface area contributed by atoms with E-state index >= 15 is 0 Å². The minimum absolute atomic E-state index is 0.127. The summed E-state index contributed by atoms with van der Waals surface area (Å²) in [7, 11) is 1.80. The molecule has 0 saturated heterocycles. The number of rotatable bonds is 4. The van der Waals surface area contributed by atoms with E-state index in [1.807, 2.05) is 44.2 Å². The van der Waals surface area contributed by atoms with Gasteiger partial charge in [0.2, 0.25) is 0 Å². The van der Waals surface area contributed by atoms with E-state index in [-0.39, 0.29) is 28.9 Å². The number of carbonyl (C=O) groups excluding carboxylic acids is 1. The SMILES string of the molecule is CC(C)c1cc(Nc2cc(O)cc(O)c2C(=O)N2Cc3ccccc3C2)n(C)n1. The van der Waals surface area contributed by atoms with Crippen LogP contribution >= 0.6 is 0 Å². The molecule has 1 aliphatic heterocycles. The van der Waals surface area contributed by atoms with E-state index < -0.39 is 0 Å². The molecule has 0 bridgehead atoms. The fraction of sp³-hybridized carbons (Fsp3) is 0.273. The van der Waals surface area contributed by atoms with E-state index in [1.165, 1.54) is 12.1 Å². The summed E-state index contributed by atoms with van der Waals surface area (Å²) in [6.07, 6.45) is 0. The number of aromatic hydroxyl groups is 2. The Balaban J connectivity index is 1.68. The monoisotopic (exact) mass is 392 g/mol. The Bertz CT molecular complexity index is 1060. The fourth-order valence-electron chi connectivity index (χ4n) is 3.60. The van der Waals surface area contributed by atoms with Gasteiger partial charge in [-0.15, -0.1) is 0 Å². The second-order valence-electron chi connectivity index (χ2n) is 7.68. The molecule has 2 aromatic carbocycles. The number of nitrogens with one attached hydrogen (secondary N) is 1. The van der Waals surface area contributed by atoms with Crippen molar-refractivity contribution in [3.8, 4) is 11.5 Å². The van der Waals surface area contributed by atoms with Crippen LogP contribution in [0.3, 0.4) is 0 Å². The number of amides is 1. The van der Waals surface area contributed by atoms with Gasteiger partial charge in [-0.25, -0.2) is 0 Å². The Labute approximate surface area is 169 Å². The number of hydrogen-bond donors (Lipinski definition) is 3. The molecule has 3 aromatic rings. The summed E-state index contributed by atoms with van der Waals surface area (Å²) in [4.78, 5) is 15.0. The summed E-state index contributed by atoms with van der Waals surface area (Å²) in [5, 5.41) is 28.1. The van der Waals surface area contributed by atoms with E-state index in [1.54, 1.807) is 16.6 Å². The largest absolute Gasteiger partial charge is 0.508 e. The number of nitrogens with zero attached hydrogens (tertiary/aromatic N) is 3. The molecular weight excluding hydrogens is 368 g/mol. The molecule has 4 rings (SSSR count). The summed E-state index contributed by atoms with van der Waals surface area (Å²) in [6, 6.07) is 12.4. The Morgan fingerprint density at radius 3 is 2.34 bits per heavy atom. The van der Waals surface area contributed by atoms with E-state index in [4.69, 9.17) is 0 Å². The van der Waals surface area contributed by atoms with Gasteiger partial charge in [0.1, 0.15) is 22.9 Å². The third-order valence-corrected chi connectivity index (χ3v) is 5.20. The number of phenolic OH excluding ortho intramolecular Hbond substituents is 2. The van der Waals surface area contributed by atoms with Crippen LogP contribution in [0.5, 0.6) is 11.5 Å². The van der Waals surface area contributed by atoms with Crippen molar-refractivity contribution in [1.29, 1.82) is 0 Å². The third kappa shape index (κ3) is 3.51. The van der Waals surface area contributed by atoms with Crippen LogP contribution in [0.15, 0.2) is 42.5 Å². The lowest BCUT2D eigenvalue weighted by Gasteiger charge is -2.20. The molecule has 1 amide bonds. The van der Waals surface area contributed by atoms with Crippen molar-refractivity contribution in [2.24, 2.45) is 7.05 Å². The average molecular weight is 392 g/mol. The van der Waals surface area contributed by atoms with Crippen molar-refractivity contribution in [3.05, 3.63) is 64.8 Å². The zero-order chi connectivity index (χ0) is 20.7. The number of aromatic nitrogens is 2. The topological polar surface area (TPSA) is 90.6 Å². The molecule has 0 radical (unpaired) electrons. The zero-order valence-electron chi connectivity index (χ0n) is 16.7. The van der Waals surface area contributed by atoms with E-state index in [9.17, 15) is 15.0 Å². The van der Waals surface area contributed by atoms with Gasteiger partial charge in [0.05, 0.1) is 11.4 Å². The first-order valence-electron chi connectivity index (χ1n) is 9.56. The van der Waals surface area contributed by atoms with Gasteiger partial charge >= 0.3 is 0 Å². The minimum atomic E-state index is -0.299. The molecule has 29 heavy (non-hydrogen) atoms. The second-order valence-corrected chi connectivity index (χ2v) is 7.68. The van der Waals surface area contributed by atoms with Crippen LogP contribution in [0.1, 0.15) is 46.9 Å². The second kappa shape index (κ2) is 7.16. The van der Waals surface area contributed by atoms with Crippen LogP contribution in [-0.4, -0.2) is 30.8 Å². The molecule has 0 saturated carbocycles. The predicted molar refractivity (Wildman–Crippen MR) is 110 cm³/mol. The summed E-state index contributed by atoms with van der Waals surface area (Å²) < 4.78 is 1.68. The number of hydrogen-bond acceptors (Lipinski definition) is 5. The maximum absolute atomic E-state index is 13.3. The Morgan fingerprint density at radius 2 is 1.76 bits per heavy atom. The van der Waals surface area contributed by atoms with Crippen LogP contribution < -0.4 is 5.32 Å². The normalized spacial score (nSPS) is 13.0. The molecule has 0 atom stereocenters. The molecule has 0 unspecified atom stereocenters. The molecule has 7 nitrogen and oxygen atoms in total. The van der Waals surface area contributed by atoms with Crippen LogP contribution in [0.25, 0.3) is 0 Å². The Hall–Kier alpha value is -3.48. The minimum Gasteiger partial charge on any atom is -0.508 e. The van der Waals surface area contributed by atoms with Crippen molar-refractivity contribution in [1.82, 2.24) is 14.7 Å².